The van der Waals surface area contributed by atoms with Crippen LogP contribution < -0.4 is 19.8 Å². The molecule has 5 rings (SSSR count). The molecule has 2 fully saturated rings. The Morgan fingerprint density at radius 2 is 1.39 bits per heavy atom. The van der Waals surface area contributed by atoms with E-state index in [0.29, 0.717) is 5.39 Å². The number of hydrogen-bond acceptors (Lipinski definition) is 17. The first-order chi connectivity index (χ1) is 21.9. The lowest BCUT2D eigenvalue weighted by Crippen LogP contribution is -2.60. The molecule has 0 saturated carbocycles. The van der Waals surface area contributed by atoms with Crippen LogP contribution in [0.5, 0.6) is 23.0 Å². The van der Waals surface area contributed by atoms with E-state index in [1.54, 1.807) is 0 Å². The average molecular weight is 653 g/mol. The molecule has 17 nitrogen and oxygen atoms in total. The molecular weight excluding hydrogens is 620 g/mol. The van der Waals surface area contributed by atoms with E-state index in [1.807, 2.05) is 0 Å². The van der Waals surface area contributed by atoms with Crippen molar-refractivity contribution in [2.75, 3.05) is 20.3 Å². The quantitative estimate of drug-likeness (QED) is 0.0894. The summed E-state index contributed by atoms with van der Waals surface area (Å²) in [5.41, 5.74) is -0.644. The fraction of sp³-hybridized carbons (Fsp3) is 0.448. The lowest BCUT2D eigenvalue weighted by molar-refractivity contribution is -0.277. The predicted molar refractivity (Wildman–Crippen MR) is 149 cm³/mol. The second-order valence-corrected chi connectivity index (χ2v) is 10.5. The molecule has 0 bridgehead atoms. The van der Waals surface area contributed by atoms with Crippen LogP contribution in [0.1, 0.15) is 10.4 Å². The number of benzene rings is 2. The van der Waals surface area contributed by atoms with Gasteiger partial charge in [-0.25, -0.2) is 9.59 Å². The molecule has 10 atom stereocenters. The Bertz CT molecular complexity index is 1590. The molecular formula is C29H32O17. The van der Waals surface area contributed by atoms with Crippen molar-refractivity contribution in [1.82, 2.24) is 0 Å². The standard InChI is InChI=1S/C29H32O17/c1-40-17-7-12(2-4-14(17)43-28-25(37)23(35)21(33)18(9-30)45-28)27(39)41-10-19-22(34)24(36)26(38)29(46-19)44-16-6-11-3-5-20(32)42-15(11)8-13(16)31/h2-8,18-19,21-26,28-31,33-38H,9-10H2,1H3. The van der Waals surface area contributed by atoms with Gasteiger partial charge in [-0.2, -0.15) is 0 Å². The van der Waals surface area contributed by atoms with E-state index in [-0.39, 0.29) is 28.4 Å². The average Bonchev–Trinajstić information content (AvgIpc) is 3.04. The monoisotopic (exact) mass is 652 g/mol. The van der Waals surface area contributed by atoms with E-state index in [2.05, 4.69) is 0 Å². The van der Waals surface area contributed by atoms with Gasteiger partial charge in [0, 0.05) is 17.5 Å². The Morgan fingerprint density at radius 1 is 0.761 bits per heavy atom. The van der Waals surface area contributed by atoms with Gasteiger partial charge in [0.2, 0.25) is 12.6 Å². The molecule has 2 aromatic carbocycles. The van der Waals surface area contributed by atoms with Gasteiger partial charge in [-0.1, -0.05) is 0 Å². The molecule has 0 spiro atoms. The minimum atomic E-state index is -1.80. The van der Waals surface area contributed by atoms with E-state index in [4.69, 9.17) is 32.8 Å². The highest BCUT2D eigenvalue weighted by atomic mass is 16.7. The number of phenols is 1. The molecule has 2 saturated heterocycles. The van der Waals surface area contributed by atoms with E-state index in [9.17, 15) is 50.4 Å². The van der Waals surface area contributed by atoms with Crippen molar-refractivity contribution >= 4 is 16.9 Å². The summed E-state index contributed by atoms with van der Waals surface area (Å²) in [4.78, 5) is 24.3. The number of phenolic OH excluding ortho intramolecular Hbond substituents is 1. The van der Waals surface area contributed by atoms with E-state index < -0.39 is 92.0 Å². The smallest absolute Gasteiger partial charge is 0.338 e. The maximum absolute atomic E-state index is 12.9. The van der Waals surface area contributed by atoms with Crippen LogP contribution in [0.3, 0.4) is 0 Å². The Hall–Kier alpha value is -4.04. The molecule has 46 heavy (non-hydrogen) atoms. The molecule has 17 heteroatoms. The Kier molecular flexibility index (Phi) is 9.96. The predicted octanol–water partition coefficient (Wildman–Crippen LogP) is -2.27. The van der Waals surface area contributed by atoms with Crippen LogP contribution in [0, 0.1) is 0 Å². The van der Waals surface area contributed by atoms with Crippen molar-refractivity contribution in [3.8, 4) is 23.0 Å². The first-order valence-corrected chi connectivity index (χ1v) is 13.9. The molecule has 0 aliphatic carbocycles. The number of methoxy groups -OCH3 is 1. The highest BCUT2D eigenvalue weighted by Gasteiger charge is 2.46. The Morgan fingerprint density at radius 3 is 2.04 bits per heavy atom. The highest BCUT2D eigenvalue weighted by molar-refractivity contribution is 5.90. The number of ether oxygens (including phenoxy) is 6. The largest absolute Gasteiger partial charge is 0.504 e. The van der Waals surface area contributed by atoms with Gasteiger partial charge in [0.05, 0.1) is 19.3 Å². The molecule has 0 amide bonds. The number of carbonyl (C=O) groups is 1. The van der Waals surface area contributed by atoms with Crippen LogP contribution in [0.25, 0.3) is 11.0 Å². The summed E-state index contributed by atoms with van der Waals surface area (Å²) in [6, 6.07) is 8.72. The van der Waals surface area contributed by atoms with Crippen LogP contribution in [-0.4, -0.2) is 129 Å². The van der Waals surface area contributed by atoms with Crippen LogP contribution in [0.15, 0.2) is 51.7 Å². The van der Waals surface area contributed by atoms with Gasteiger partial charge in [-0.15, -0.1) is 0 Å². The van der Waals surface area contributed by atoms with Crippen LogP contribution in [0.4, 0.5) is 0 Å². The second kappa shape index (κ2) is 13.8. The lowest BCUT2D eigenvalue weighted by Gasteiger charge is -2.40. The van der Waals surface area contributed by atoms with Crippen molar-refractivity contribution in [2.24, 2.45) is 0 Å². The number of aliphatic hydroxyl groups excluding tert-OH is 7. The SMILES string of the molecule is COc1cc(C(=O)OCC2OC(Oc3cc4ccc(=O)oc4cc3O)C(O)C(O)C2O)ccc1OC1OC(CO)C(O)C(O)C1O. The fourth-order valence-electron chi connectivity index (χ4n) is 4.88. The van der Waals surface area contributed by atoms with Crippen LogP contribution in [-0.2, 0) is 14.2 Å². The summed E-state index contributed by atoms with van der Waals surface area (Å²) >= 11 is 0. The number of rotatable bonds is 9. The third-order valence-corrected chi connectivity index (χ3v) is 7.48. The minimum Gasteiger partial charge on any atom is -0.504 e. The van der Waals surface area contributed by atoms with Crippen LogP contribution in [0.2, 0.25) is 0 Å². The first-order valence-electron chi connectivity index (χ1n) is 13.9. The molecule has 0 radical (unpaired) electrons. The van der Waals surface area contributed by atoms with E-state index in [1.165, 1.54) is 37.4 Å². The lowest BCUT2D eigenvalue weighted by atomic mass is 9.99. The third kappa shape index (κ3) is 6.73. The van der Waals surface area contributed by atoms with Gasteiger partial charge in [0.25, 0.3) is 0 Å². The summed E-state index contributed by atoms with van der Waals surface area (Å²) < 4.78 is 37.5. The number of fused-ring (bicyclic) bond motifs is 1. The summed E-state index contributed by atoms with van der Waals surface area (Å²) in [6.07, 6.45) is -16.0. The van der Waals surface area contributed by atoms with Gasteiger partial charge in [0.1, 0.15) is 61.0 Å². The third-order valence-electron chi connectivity index (χ3n) is 7.48. The zero-order chi connectivity index (χ0) is 33.3. The zero-order valence-corrected chi connectivity index (χ0v) is 24.0. The number of esters is 1. The molecule has 10 unspecified atom stereocenters. The molecule has 250 valence electrons. The van der Waals surface area contributed by atoms with Crippen LogP contribution >= 0.6 is 0 Å². The van der Waals surface area contributed by atoms with Gasteiger partial charge in [-0.3, -0.25) is 0 Å². The molecule has 3 aromatic rings. The second-order valence-electron chi connectivity index (χ2n) is 10.5. The number of hydrogen-bond donors (Lipinski definition) is 8. The minimum absolute atomic E-state index is 0.0261. The van der Waals surface area contributed by atoms with Gasteiger partial charge < -0.3 is 73.7 Å². The molecule has 3 heterocycles. The summed E-state index contributed by atoms with van der Waals surface area (Å²) in [5, 5.41) is 81.6. The Labute approximate surface area is 258 Å². The van der Waals surface area contributed by atoms with Crippen molar-refractivity contribution < 1.29 is 78.5 Å². The van der Waals surface area contributed by atoms with E-state index in [0.717, 1.165) is 12.1 Å². The van der Waals surface area contributed by atoms with Crippen molar-refractivity contribution in [1.29, 1.82) is 0 Å². The van der Waals surface area contributed by atoms with Crippen molar-refractivity contribution in [2.45, 2.75) is 61.4 Å². The first kappa shape index (κ1) is 33.3. The number of aliphatic hydroxyl groups is 7. The summed E-state index contributed by atoms with van der Waals surface area (Å²) in [7, 11) is 1.26. The topological polar surface area (TPSA) is 264 Å². The Balaban J connectivity index is 1.24. The molecule has 2 aliphatic rings. The maximum Gasteiger partial charge on any atom is 0.338 e. The zero-order valence-electron chi connectivity index (χ0n) is 24.0. The van der Waals surface area contributed by atoms with Crippen molar-refractivity contribution in [3.63, 3.8) is 0 Å². The number of carbonyl (C=O) groups excluding carboxylic acids is 1. The summed E-state index contributed by atoms with van der Waals surface area (Å²) in [6.45, 7) is -1.29. The van der Waals surface area contributed by atoms with Gasteiger partial charge in [-0.05, 0) is 30.3 Å². The van der Waals surface area contributed by atoms with Gasteiger partial charge >= 0.3 is 11.6 Å². The molecule has 2 aliphatic heterocycles. The number of aromatic hydroxyl groups is 1. The summed E-state index contributed by atoms with van der Waals surface area (Å²) in [5.74, 6) is -1.68. The van der Waals surface area contributed by atoms with Crippen molar-refractivity contribution in [3.05, 3.63) is 58.4 Å². The maximum atomic E-state index is 12.9. The molecule has 1 aromatic heterocycles. The molecule has 8 N–H and O–H groups in total. The fourth-order valence-corrected chi connectivity index (χ4v) is 4.88. The van der Waals surface area contributed by atoms with Gasteiger partial charge in [0.15, 0.2) is 23.0 Å². The normalized spacial score (nSPS) is 31.3. The van der Waals surface area contributed by atoms with E-state index >= 15 is 0 Å². The highest BCUT2D eigenvalue weighted by Crippen LogP contribution is 2.35.